The van der Waals surface area contributed by atoms with Crippen LogP contribution >= 0.6 is 0 Å². The lowest BCUT2D eigenvalue weighted by Gasteiger charge is -2.26. The van der Waals surface area contributed by atoms with E-state index < -0.39 is 0 Å². The van der Waals surface area contributed by atoms with Crippen molar-refractivity contribution in [2.24, 2.45) is 0 Å². The van der Waals surface area contributed by atoms with E-state index in [9.17, 15) is 4.79 Å². The van der Waals surface area contributed by atoms with E-state index >= 15 is 0 Å². The molecule has 4 rings (SSSR count). The summed E-state index contributed by atoms with van der Waals surface area (Å²) in [6.45, 7) is 1.38. The Hall–Kier alpha value is -3.41. The van der Waals surface area contributed by atoms with Gasteiger partial charge < -0.3 is 14.2 Å². The lowest BCUT2D eigenvalue weighted by atomic mass is 9.99. The summed E-state index contributed by atoms with van der Waals surface area (Å²) in [6.07, 6.45) is 3.82. The molecule has 2 aromatic carbocycles. The first-order valence-electron chi connectivity index (χ1n) is 9.72. The second-order valence-electron chi connectivity index (χ2n) is 6.93. The Balaban J connectivity index is 1.31. The molecule has 1 aromatic heterocycles. The Bertz CT molecular complexity index is 994. The van der Waals surface area contributed by atoms with Gasteiger partial charge in [-0.3, -0.25) is 4.79 Å². The van der Waals surface area contributed by atoms with Crippen molar-refractivity contribution in [1.29, 1.82) is 0 Å². The molecule has 2 heterocycles. The van der Waals surface area contributed by atoms with E-state index in [0.29, 0.717) is 31.1 Å². The summed E-state index contributed by atoms with van der Waals surface area (Å²) in [5, 5.41) is 4.01. The predicted octanol–water partition coefficient (Wildman–Crippen LogP) is 3.99. The van der Waals surface area contributed by atoms with Crippen molar-refractivity contribution >= 4 is 11.5 Å². The Labute approximate surface area is 169 Å². The number of amides is 1. The van der Waals surface area contributed by atoms with Gasteiger partial charge in [0.1, 0.15) is 5.75 Å². The molecule has 29 heavy (non-hydrogen) atoms. The van der Waals surface area contributed by atoms with E-state index in [1.165, 1.54) is 11.1 Å². The van der Waals surface area contributed by atoms with E-state index in [4.69, 9.17) is 9.26 Å². The molecule has 3 aromatic rings. The molecule has 1 amide bonds. The van der Waals surface area contributed by atoms with Gasteiger partial charge in [0.2, 0.25) is 17.6 Å². The van der Waals surface area contributed by atoms with Gasteiger partial charge in [-0.25, -0.2) is 0 Å². The third-order valence-corrected chi connectivity index (χ3v) is 5.08. The van der Waals surface area contributed by atoms with E-state index in [2.05, 4.69) is 28.3 Å². The average Bonchev–Trinajstić information content (AvgIpc) is 3.27. The van der Waals surface area contributed by atoms with Crippen molar-refractivity contribution in [2.45, 2.75) is 19.3 Å². The van der Waals surface area contributed by atoms with Crippen LogP contribution in [0.2, 0.25) is 0 Å². The van der Waals surface area contributed by atoms with Crippen LogP contribution in [0.5, 0.6) is 5.75 Å². The summed E-state index contributed by atoms with van der Waals surface area (Å²) in [6, 6.07) is 17.8. The number of ether oxygens (including phenoxy) is 1. The molecule has 6 heteroatoms. The molecule has 1 aliphatic heterocycles. The van der Waals surface area contributed by atoms with Crippen molar-refractivity contribution in [3.63, 3.8) is 0 Å². The van der Waals surface area contributed by atoms with Crippen LogP contribution in [0.25, 0.3) is 17.0 Å². The summed E-state index contributed by atoms with van der Waals surface area (Å²) >= 11 is 0. The summed E-state index contributed by atoms with van der Waals surface area (Å²) in [4.78, 5) is 18.8. The fraction of sp³-hybridized carbons (Fsp3) is 0.261. The normalized spacial score (nSPS) is 13.8. The van der Waals surface area contributed by atoms with Crippen LogP contribution in [0.1, 0.15) is 24.3 Å². The summed E-state index contributed by atoms with van der Waals surface area (Å²) in [5.41, 5.74) is 3.38. The zero-order chi connectivity index (χ0) is 20.1. The van der Waals surface area contributed by atoms with E-state index in [-0.39, 0.29) is 5.91 Å². The van der Waals surface area contributed by atoms with Crippen LogP contribution in [-0.2, 0) is 11.2 Å². The first-order valence-corrected chi connectivity index (χ1v) is 9.72. The standard InChI is InChI=1S/C23H23N3O3/c1-28-20-9-7-19(8-10-20)23-24-21(29-25-23)11-12-22(27)26-15-13-18(14-16-26)17-5-3-2-4-6-17/h2-10,13H,11-12,14-16H2,1H3. The number of carbonyl (C=O) groups is 1. The highest BCUT2D eigenvalue weighted by Crippen LogP contribution is 2.23. The highest BCUT2D eigenvalue weighted by molar-refractivity contribution is 5.78. The third kappa shape index (κ3) is 4.54. The smallest absolute Gasteiger partial charge is 0.227 e. The molecule has 1 aliphatic rings. The van der Waals surface area contributed by atoms with Gasteiger partial charge in [-0.05, 0) is 41.8 Å². The van der Waals surface area contributed by atoms with Gasteiger partial charge in [0, 0.05) is 31.5 Å². The monoisotopic (exact) mass is 389 g/mol. The van der Waals surface area contributed by atoms with Crippen LogP contribution in [0.3, 0.4) is 0 Å². The number of rotatable bonds is 6. The zero-order valence-corrected chi connectivity index (χ0v) is 16.4. The minimum atomic E-state index is 0.109. The van der Waals surface area contributed by atoms with E-state index in [1.807, 2.05) is 47.4 Å². The predicted molar refractivity (Wildman–Crippen MR) is 110 cm³/mol. The minimum absolute atomic E-state index is 0.109. The molecule has 0 N–H and O–H groups in total. The molecular formula is C23H23N3O3. The van der Waals surface area contributed by atoms with E-state index in [1.54, 1.807) is 7.11 Å². The highest BCUT2D eigenvalue weighted by Gasteiger charge is 2.19. The number of nitrogens with zero attached hydrogens (tertiary/aromatic N) is 3. The number of hydrogen-bond acceptors (Lipinski definition) is 5. The van der Waals surface area contributed by atoms with Gasteiger partial charge in [0.05, 0.1) is 7.11 Å². The Morgan fingerprint density at radius 2 is 1.90 bits per heavy atom. The first kappa shape index (κ1) is 18.9. The fourth-order valence-electron chi connectivity index (χ4n) is 3.40. The maximum absolute atomic E-state index is 12.6. The van der Waals surface area contributed by atoms with Crippen molar-refractivity contribution in [1.82, 2.24) is 15.0 Å². The van der Waals surface area contributed by atoms with Crippen molar-refractivity contribution in [3.05, 3.63) is 72.1 Å². The van der Waals surface area contributed by atoms with Crippen LogP contribution in [0, 0.1) is 0 Å². The second-order valence-corrected chi connectivity index (χ2v) is 6.93. The van der Waals surface area contributed by atoms with Gasteiger partial charge >= 0.3 is 0 Å². The van der Waals surface area contributed by atoms with Crippen LogP contribution < -0.4 is 4.74 Å². The van der Waals surface area contributed by atoms with Crippen LogP contribution in [0.15, 0.2) is 65.2 Å². The topological polar surface area (TPSA) is 68.5 Å². The Morgan fingerprint density at radius 1 is 1.10 bits per heavy atom. The number of carbonyl (C=O) groups excluding carboxylic acids is 1. The van der Waals surface area contributed by atoms with Crippen molar-refractivity contribution in [3.8, 4) is 17.1 Å². The highest BCUT2D eigenvalue weighted by atomic mass is 16.5. The first-order chi connectivity index (χ1) is 14.2. The molecule has 0 unspecified atom stereocenters. The number of hydrogen-bond donors (Lipinski definition) is 0. The summed E-state index contributed by atoms with van der Waals surface area (Å²) < 4.78 is 10.5. The average molecular weight is 389 g/mol. The molecule has 0 aliphatic carbocycles. The number of benzene rings is 2. The molecule has 148 valence electrons. The quantitative estimate of drug-likeness (QED) is 0.638. The molecule has 0 saturated heterocycles. The minimum Gasteiger partial charge on any atom is -0.497 e. The zero-order valence-electron chi connectivity index (χ0n) is 16.4. The maximum Gasteiger partial charge on any atom is 0.227 e. The van der Waals surface area contributed by atoms with Gasteiger partial charge in [-0.1, -0.05) is 41.6 Å². The summed E-state index contributed by atoms with van der Waals surface area (Å²) in [5.74, 6) is 1.87. The van der Waals surface area contributed by atoms with Gasteiger partial charge in [0.15, 0.2) is 0 Å². The van der Waals surface area contributed by atoms with Gasteiger partial charge in [-0.2, -0.15) is 4.98 Å². The SMILES string of the molecule is COc1ccc(-c2noc(CCC(=O)N3CC=C(c4ccccc4)CC3)n2)cc1. The fourth-order valence-corrected chi connectivity index (χ4v) is 3.40. The lowest BCUT2D eigenvalue weighted by Crippen LogP contribution is -2.34. The molecule has 0 fully saturated rings. The van der Waals surface area contributed by atoms with Gasteiger partial charge in [-0.15, -0.1) is 0 Å². The van der Waals surface area contributed by atoms with Crippen LogP contribution in [-0.4, -0.2) is 41.1 Å². The number of methoxy groups -OCH3 is 1. The Kier molecular flexibility index (Phi) is 5.70. The number of aryl methyl sites for hydroxylation is 1. The molecule has 0 radical (unpaired) electrons. The molecule has 0 spiro atoms. The Morgan fingerprint density at radius 3 is 2.59 bits per heavy atom. The summed E-state index contributed by atoms with van der Waals surface area (Å²) in [7, 11) is 1.62. The molecular weight excluding hydrogens is 366 g/mol. The van der Waals surface area contributed by atoms with Crippen molar-refractivity contribution in [2.75, 3.05) is 20.2 Å². The van der Waals surface area contributed by atoms with Crippen molar-refractivity contribution < 1.29 is 14.1 Å². The molecule has 0 atom stereocenters. The third-order valence-electron chi connectivity index (χ3n) is 5.08. The lowest BCUT2D eigenvalue weighted by molar-refractivity contribution is -0.130. The van der Waals surface area contributed by atoms with E-state index in [0.717, 1.165) is 24.3 Å². The van der Waals surface area contributed by atoms with Crippen LogP contribution in [0.4, 0.5) is 0 Å². The maximum atomic E-state index is 12.6. The second kappa shape index (κ2) is 8.73. The molecule has 6 nitrogen and oxygen atoms in total. The molecule has 0 bridgehead atoms. The molecule has 0 saturated carbocycles. The number of aromatic nitrogens is 2. The van der Waals surface area contributed by atoms with Gasteiger partial charge in [0.25, 0.3) is 0 Å². The largest absolute Gasteiger partial charge is 0.497 e.